The van der Waals surface area contributed by atoms with Crippen LogP contribution >= 0.6 is 33.9 Å². The number of amides is 1. The number of rotatable bonds is 6. The maximum Gasteiger partial charge on any atom is 0.234 e. The van der Waals surface area contributed by atoms with Crippen molar-refractivity contribution in [1.29, 1.82) is 0 Å². The van der Waals surface area contributed by atoms with Crippen LogP contribution in [0.4, 0.5) is 0 Å². The first-order valence-electron chi connectivity index (χ1n) is 6.48. The summed E-state index contributed by atoms with van der Waals surface area (Å²) in [5, 5.41) is 6.20. The summed E-state index contributed by atoms with van der Waals surface area (Å²) in [6.07, 6.45) is 3.50. The summed E-state index contributed by atoms with van der Waals surface area (Å²) in [6, 6.07) is 2.58. The third kappa shape index (κ3) is 4.40. The standard InChI is InChI=1S/C13H19IN2O2S/c1-18-6-5-15-13(17)8-16-10-3-2-4-11-9(10)7-12(14)19-11/h7,10,16H,2-6,8H2,1H3,(H,15,17). The average molecular weight is 394 g/mol. The Morgan fingerprint density at radius 2 is 2.47 bits per heavy atom. The van der Waals surface area contributed by atoms with E-state index < -0.39 is 0 Å². The number of carbonyl (C=O) groups is 1. The SMILES string of the molecule is COCCNC(=O)CNC1CCCc2sc(I)cc21. The predicted molar refractivity (Wildman–Crippen MR) is 85.6 cm³/mol. The number of nitrogens with one attached hydrogen (secondary N) is 2. The van der Waals surface area contributed by atoms with Crippen LogP contribution in [-0.4, -0.2) is 32.7 Å². The van der Waals surface area contributed by atoms with Gasteiger partial charge in [0.1, 0.15) is 0 Å². The molecule has 2 N–H and O–H groups in total. The smallest absolute Gasteiger partial charge is 0.234 e. The van der Waals surface area contributed by atoms with Gasteiger partial charge in [-0.05, 0) is 53.5 Å². The van der Waals surface area contributed by atoms with E-state index in [4.69, 9.17) is 4.74 Å². The highest BCUT2D eigenvalue weighted by molar-refractivity contribution is 14.1. The highest BCUT2D eigenvalue weighted by Crippen LogP contribution is 2.36. The van der Waals surface area contributed by atoms with Crippen molar-refractivity contribution in [3.63, 3.8) is 0 Å². The summed E-state index contributed by atoms with van der Waals surface area (Å²) < 4.78 is 6.24. The Hall–Kier alpha value is -0.180. The molecule has 2 rings (SSSR count). The van der Waals surface area contributed by atoms with Crippen molar-refractivity contribution in [3.8, 4) is 0 Å². The normalized spacial score (nSPS) is 18.1. The van der Waals surface area contributed by atoms with Crippen LogP contribution in [0, 0.1) is 2.88 Å². The Bertz CT molecular complexity index is 436. The van der Waals surface area contributed by atoms with Gasteiger partial charge in [-0.1, -0.05) is 0 Å². The number of fused-ring (bicyclic) bond motifs is 1. The monoisotopic (exact) mass is 394 g/mol. The van der Waals surface area contributed by atoms with Gasteiger partial charge in [-0.3, -0.25) is 4.79 Å². The summed E-state index contributed by atoms with van der Waals surface area (Å²) in [7, 11) is 1.63. The second-order valence-electron chi connectivity index (χ2n) is 4.60. The van der Waals surface area contributed by atoms with Gasteiger partial charge in [0.25, 0.3) is 0 Å². The lowest BCUT2D eigenvalue weighted by Crippen LogP contribution is -2.37. The predicted octanol–water partition coefficient (Wildman–Crippen LogP) is 2.08. The molecule has 19 heavy (non-hydrogen) atoms. The minimum Gasteiger partial charge on any atom is -0.383 e. The second kappa shape index (κ2) is 7.56. The van der Waals surface area contributed by atoms with Gasteiger partial charge in [0.15, 0.2) is 0 Å². The third-order valence-corrected chi connectivity index (χ3v) is 5.19. The van der Waals surface area contributed by atoms with Crippen molar-refractivity contribution in [1.82, 2.24) is 10.6 Å². The van der Waals surface area contributed by atoms with E-state index in [-0.39, 0.29) is 5.91 Å². The molecule has 1 aromatic rings. The fraction of sp³-hybridized carbons (Fsp3) is 0.615. The van der Waals surface area contributed by atoms with Gasteiger partial charge in [-0.2, -0.15) is 0 Å². The number of hydrogen-bond acceptors (Lipinski definition) is 4. The van der Waals surface area contributed by atoms with Crippen molar-refractivity contribution in [2.24, 2.45) is 0 Å². The summed E-state index contributed by atoms with van der Waals surface area (Å²) in [5.41, 5.74) is 1.39. The van der Waals surface area contributed by atoms with Crippen molar-refractivity contribution < 1.29 is 9.53 Å². The Balaban J connectivity index is 1.82. The second-order valence-corrected chi connectivity index (χ2v) is 7.63. The molecule has 0 bridgehead atoms. The highest BCUT2D eigenvalue weighted by atomic mass is 127. The van der Waals surface area contributed by atoms with Crippen molar-refractivity contribution in [3.05, 3.63) is 19.4 Å². The molecule has 6 heteroatoms. The number of halogens is 1. The maximum atomic E-state index is 11.6. The Morgan fingerprint density at radius 1 is 1.63 bits per heavy atom. The first-order valence-corrected chi connectivity index (χ1v) is 8.37. The van der Waals surface area contributed by atoms with Gasteiger partial charge < -0.3 is 15.4 Å². The van der Waals surface area contributed by atoms with Crippen molar-refractivity contribution >= 4 is 39.8 Å². The van der Waals surface area contributed by atoms with E-state index >= 15 is 0 Å². The fourth-order valence-corrected chi connectivity index (χ4v) is 4.42. The van der Waals surface area contributed by atoms with Gasteiger partial charge in [0.05, 0.1) is 16.0 Å². The van der Waals surface area contributed by atoms with E-state index in [1.54, 1.807) is 7.11 Å². The van der Waals surface area contributed by atoms with Crippen molar-refractivity contribution in [2.45, 2.75) is 25.3 Å². The minimum atomic E-state index is 0.0362. The lowest BCUT2D eigenvalue weighted by molar-refractivity contribution is -0.120. The van der Waals surface area contributed by atoms with Gasteiger partial charge in [0, 0.05) is 24.6 Å². The Morgan fingerprint density at radius 3 is 3.26 bits per heavy atom. The molecule has 0 spiro atoms. The van der Waals surface area contributed by atoms with Crippen LogP contribution in [0.15, 0.2) is 6.07 Å². The van der Waals surface area contributed by atoms with E-state index in [0.717, 1.165) is 6.42 Å². The largest absolute Gasteiger partial charge is 0.383 e. The van der Waals surface area contributed by atoms with E-state index in [1.807, 2.05) is 11.3 Å². The van der Waals surface area contributed by atoms with Crippen LogP contribution < -0.4 is 10.6 Å². The Labute approximate surface area is 131 Å². The molecule has 1 aromatic heterocycles. The van der Waals surface area contributed by atoms with Gasteiger partial charge in [-0.25, -0.2) is 0 Å². The van der Waals surface area contributed by atoms with Crippen LogP contribution in [0.3, 0.4) is 0 Å². The molecule has 4 nitrogen and oxygen atoms in total. The summed E-state index contributed by atoms with van der Waals surface area (Å²) >= 11 is 4.25. The molecule has 1 amide bonds. The lowest BCUT2D eigenvalue weighted by atomic mass is 9.94. The van der Waals surface area contributed by atoms with Crippen LogP contribution in [0.5, 0.6) is 0 Å². The fourth-order valence-electron chi connectivity index (χ4n) is 2.30. The maximum absolute atomic E-state index is 11.6. The quantitative estimate of drug-likeness (QED) is 0.574. The third-order valence-electron chi connectivity index (χ3n) is 3.22. The first-order chi connectivity index (χ1) is 9.20. The van der Waals surface area contributed by atoms with E-state index in [2.05, 4.69) is 39.3 Å². The molecule has 1 aliphatic carbocycles. The molecule has 0 aromatic carbocycles. The summed E-state index contributed by atoms with van der Waals surface area (Å²) in [6.45, 7) is 1.51. The summed E-state index contributed by atoms with van der Waals surface area (Å²) in [4.78, 5) is 13.1. The van der Waals surface area contributed by atoms with Crippen LogP contribution in [0.25, 0.3) is 0 Å². The van der Waals surface area contributed by atoms with Crippen LogP contribution in [-0.2, 0) is 16.0 Å². The number of carbonyl (C=O) groups excluding carboxylic acids is 1. The molecule has 0 radical (unpaired) electrons. The molecule has 0 aliphatic heterocycles. The molecule has 106 valence electrons. The average Bonchev–Trinajstić information content (AvgIpc) is 2.77. The lowest BCUT2D eigenvalue weighted by Gasteiger charge is -2.23. The minimum absolute atomic E-state index is 0.0362. The molecule has 0 saturated heterocycles. The number of thiophene rings is 1. The number of aryl methyl sites for hydroxylation is 1. The molecular formula is C13H19IN2O2S. The Kier molecular flexibility index (Phi) is 6.06. The van der Waals surface area contributed by atoms with Gasteiger partial charge >= 0.3 is 0 Å². The van der Waals surface area contributed by atoms with E-state index in [1.165, 1.54) is 26.2 Å². The van der Waals surface area contributed by atoms with Crippen molar-refractivity contribution in [2.75, 3.05) is 26.8 Å². The first kappa shape index (κ1) is 15.2. The molecule has 0 saturated carbocycles. The molecule has 1 heterocycles. The number of methoxy groups -OCH3 is 1. The molecular weight excluding hydrogens is 375 g/mol. The highest BCUT2D eigenvalue weighted by Gasteiger charge is 2.22. The molecule has 1 aliphatic rings. The molecule has 1 atom stereocenters. The zero-order valence-corrected chi connectivity index (χ0v) is 14.0. The van der Waals surface area contributed by atoms with E-state index in [0.29, 0.717) is 25.7 Å². The van der Waals surface area contributed by atoms with E-state index in [9.17, 15) is 4.79 Å². The number of hydrogen-bond donors (Lipinski definition) is 2. The zero-order valence-electron chi connectivity index (χ0n) is 11.0. The zero-order chi connectivity index (χ0) is 13.7. The van der Waals surface area contributed by atoms with Gasteiger partial charge in [-0.15, -0.1) is 11.3 Å². The van der Waals surface area contributed by atoms with Crippen LogP contribution in [0.1, 0.15) is 29.3 Å². The summed E-state index contributed by atoms with van der Waals surface area (Å²) in [5.74, 6) is 0.0362. The van der Waals surface area contributed by atoms with Gasteiger partial charge in [0.2, 0.25) is 5.91 Å². The molecule has 0 fully saturated rings. The molecule has 1 unspecified atom stereocenters. The van der Waals surface area contributed by atoms with Crippen LogP contribution in [0.2, 0.25) is 0 Å². The topological polar surface area (TPSA) is 50.4 Å². The number of ether oxygens (including phenoxy) is 1.